The Labute approximate surface area is 77.0 Å². The van der Waals surface area contributed by atoms with Crippen LogP contribution in [-0.4, -0.2) is 28.9 Å². The molecule has 0 bridgehead atoms. The fourth-order valence-electron chi connectivity index (χ4n) is 1.80. The van der Waals surface area contributed by atoms with Crippen molar-refractivity contribution in [1.82, 2.24) is 14.9 Å². The Hall–Kier alpha value is -1.16. The third-order valence-electron chi connectivity index (χ3n) is 2.52. The minimum Gasteiger partial charge on any atom is -0.325 e. The first-order chi connectivity index (χ1) is 6.42. The van der Waals surface area contributed by atoms with E-state index < -0.39 is 0 Å². The molecule has 0 aliphatic carbocycles. The van der Waals surface area contributed by atoms with Crippen molar-refractivity contribution in [3.05, 3.63) is 18.2 Å². The molecule has 0 spiro atoms. The van der Waals surface area contributed by atoms with Crippen LogP contribution >= 0.6 is 0 Å². The van der Waals surface area contributed by atoms with E-state index in [1.165, 1.54) is 0 Å². The summed E-state index contributed by atoms with van der Waals surface area (Å²) in [6.45, 7) is 2.06. The summed E-state index contributed by atoms with van der Waals surface area (Å²) in [6, 6.07) is 0.448. The van der Waals surface area contributed by atoms with Crippen LogP contribution in [-0.2, 0) is 0 Å². The maximum Gasteiger partial charge on any atom is 0.168 e. The van der Waals surface area contributed by atoms with Gasteiger partial charge in [0.05, 0.1) is 12.5 Å². The number of rotatable bonds is 2. The van der Waals surface area contributed by atoms with E-state index in [0.29, 0.717) is 11.7 Å². The van der Waals surface area contributed by atoms with Crippen molar-refractivity contribution >= 4 is 6.29 Å². The molecule has 1 fully saturated rings. The number of hydrogen-bond donors (Lipinski definition) is 1. The molecule has 13 heavy (non-hydrogen) atoms. The summed E-state index contributed by atoms with van der Waals surface area (Å²) >= 11 is 0. The van der Waals surface area contributed by atoms with E-state index in [-0.39, 0.29) is 0 Å². The summed E-state index contributed by atoms with van der Waals surface area (Å²) in [6.07, 6.45) is 6.40. The highest BCUT2D eigenvalue weighted by Gasteiger charge is 2.16. The fraction of sp³-hybridized carbons (Fsp3) is 0.556. The van der Waals surface area contributed by atoms with Crippen LogP contribution < -0.4 is 5.32 Å². The van der Waals surface area contributed by atoms with E-state index in [1.807, 2.05) is 4.57 Å². The fourth-order valence-corrected chi connectivity index (χ4v) is 1.80. The van der Waals surface area contributed by atoms with E-state index in [9.17, 15) is 4.79 Å². The zero-order valence-corrected chi connectivity index (χ0v) is 7.44. The van der Waals surface area contributed by atoms with E-state index in [4.69, 9.17) is 0 Å². The summed E-state index contributed by atoms with van der Waals surface area (Å²) in [4.78, 5) is 14.6. The summed E-state index contributed by atoms with van der Waals surface area (Å²) in [5, 5.41) is 3.29. The molecule has 4 heteroatoms. The molecule has 1 aromatic heterocycles. The molecule has 0 aromatic carbocycles. The molecule has 0 amide bonds. The van der Waals surface area contributed by atoms with Crippen molar-refractivity contribution < 1.29 is 4.79 Å². The highest BCUT2D eigenvalue weighted by molar-refractivity contribution is 5.71. The number of nitrogens with one attached hydrogen (secondary N) is 1. The average molecular weight is 179 g/mol. The lowest BCUT2D eigenvalue weighted by Gasteiger charge is -2.24. The van der Waals surface area contributed by atoms with Gasteiger partial charge in [-0.2, -0.15) is 0 Å². The second-order valence-electron chi connectivity index (χ2n) is 3.32. The summed E-state index contributed by atoms with van der Waals surface area (Å²) < 4.78 is 1.98. The molecule has 0 atom stereocenters. The number of aldehydes is 1. The quantitative estimate of drug-likeness (QED) is 0.677. The van der Waals surface area contributed by atoms with Crippen molar-refractivity contribution in [2.45, 2.75) is 18.9 Å². The Morgan fingerprint density at radius 2 is 2.31 bits per heavy atom. The average Bonchev–Trinajstić information content (AvgIpc) is 2.67. The maximum atomic E-state index is 10.7. The lowest BCUT2D eigenvalue weighted by Crippen LogP contribution is -2.29. The standard InChI is InChI=1S/C9H13N3O/c13-6-9-5-11-7-12(9)8-1-3-10-4-2-8/h5-8,10H,1-4H2. The third kappa shape index (κ3) is 1.62. The molecule has 2 rings (SSSR count). The summed E-state index contributed by atoms with van der Waals surface area (Å²) in [5.74, 6) is 0. The van der Waals surface area contributed by atoms with Gasteiger partial charge in [0.15, 0.2) is 6.29 Å². The minimum atomic E-state index is 0.448. The monoisotopic (exact) mass is 179 g/mol. The van der Waals surface area contributed by atoms with Crippen molar-refractivity contribution in [2.75, 3.05) is 13.1 Å². The van der Waals surface area contributed by atoms with E-state index in [0.717, 1.165) is 32.2 Å². The molecule has 1 saturated heterocycles. The highest BCUT2D eigenvalue weighted by Crippen LogP contribution is 2.19. The Balaban J connectivity index is 2.17. The lowest BCUT2D eigenvalue weighted by atomic mass is 10.1. The van der Waals surface area contributed by atoms with Gasteiger partial charge in [0.1, 0.15) is 5.69 Å². The molecule has 1 aliphatic heterocycles. The van der Waals surface area contributed by atoms with Crippen molar-refractivity contribution in [3.63, 3.8) is 0 Å². The van der Waals surface area contributed by atoms with Crippen molar-refractivity contribution in [3.8, 4) is 0 Å². The number of piperidine rings is 1. The zero-order valence-electron chi connectivity index (χ0n) is 7.44. The first-order valence-electron chi connectivity index (χ1n) is 4.59. The highest BCUT2D eigenvalue weighted by atomic mass is 16.1. The number of carbonyl (C=O) groups excluding carboxylic acids is 1. The van der Waals surface area contributed by atoms with Gasteiger partial charge in [-0.25, -0.2) is 4.98 Å². The van der Waals surface area contributed by atoms with E-state index in [2.05, 4.69) is 10.3 Å². The largest absolute Gasteiger partial charge is 0.325 e. The Kier molecular flexibility index (Phi) is 2.40. The van der Waals surface area contributed by atoms with Crippen LogP contribution in [0.25, 0.3) is 0 Å². The molecule has 0 saturated carbocycles. The van der Waals surface area contributed by atoms with Gasteiger partial charge < -0.3 is 9.88 Å². The Morgan fingerprint density at radius 1 is 1.54 bits per heavy atom. The molecule has 1 aliphatic rings. The molecule has 0 radical (unpaired) electrons. The van der Waals surface area contributed by atoms with Gasteiger partial charge in [0.25, 0.3) is 0 Å². The number of nitrogens with zero attached hydrogens (tertiary/aromatic N) is 2. The molecule has 70 valence electrons. The van der Waals surface area contributed by atoms with Crippen LogP contribution in [0, 0.1) is 0 Å². The smallest absolute Gasteiger partial charge is 0.168 e. The van der Waals surface area contributed by atoms with Crippen LogP contribution in [0.5, 0.6) is 0 Å². The van der Waals surface area contributed by atoms with Gasteiger partial charge in [-0.15, -0.1) is 0 Å². The predicted octanol–water partition coefficient (Wildman–Crippen LogP) is 0.620. The van der Waals surface area contributed by atoms with Gasteiger partial charge in [-0.05, 0) is 25.9 Å². The van der Waals surface area contributed by atoms with Gasteiger partial charge in [-0.1, -0.05) is 0 Å². The first-order valence-corrected chi connectivity index (χ1v) is 4.59. The normalized spacial score (nSPS) is 18.8. The van der Waals surface area contributed by atoms with Crippen molar-refractivity contribution in [2.24, 2.45) is 0 Å². The van der Waals surface area contributed by atoms with Gasteiger partial charge in [0.2, 0.25) is 0 Å². The van der Waals surface area contributed by atoms with Crippen molar-refractivity contribution in [1.29, 1.82) is 0 Å². The minimum absolute atomic E-state index is 0.448. The van der Waals surface area contributed by atoms with E-state index >= 15 is 0 Å². The van der Waals surface area contributed by atoms with E-state index in [1.54, 1.807) is 12.5 Å². The van der Waals surface area contributed by atoms with Gasteiger partial charge in [-0.3, -0.25) is 4.79 Å². The summed E-state index contributed by atoms with van der Waals surface area (Å²) in [5.41, 5.74) is 0.687. The molecular weight excluding hydrogens is 166 g/mol. The molecule has 4 nitrogen and oxygen atoms in total. The number of hydrogen-bond acceptors (Lipinski definition) is 3. The molecule has 2 heterocycles. The van der Waals surface area contributed by atoms with Crippen LogP contribution in [0.4, 0.5) is 0 Å². The Morgan fingerprint density at radius 3 is 3.00 bits per heavy atom. The number of imidazole rings is 1. The molecule has 1 aromatic rings. The second-order valence-corrected chi connectivity index (χ2v) is 3.32. The number of carbonyl (C=O) groups is 1. The van der Waals surface area contributed by atoms with Crippen LogP contribution in [0.3, 0.4) is 0 Å². The second kappa shape index (κ2) is 3.70. The van der Waals surface area contributed by atoms with Gasteiger partial charge in [0, 0.05) is 6.04 Å². The van der Waals surface area contributed by atoms with Crippen LogP contribution in [0.15, 0.2) is 12.5 Å². The topological polar surface area (TPSA) is 46.9 Å². The van der Waals surface area contributed by atoms with Crippen LogP contribution in [0.2, 0.25) is 0 Å². The lowest BCUT2D eigenvalue weighted by molar-refractivity contribution is 0.111. The SMILES string of the molecule is O=Cc1cncn1C1CCNCC1. The van der Waals surface area contributed by atoms with Gasteiger partial charge >= 0.3 is 0 Å². The predicted molar refractivity (Wildman–Crippen MR) is 48.8 cm³/mol. The molecule has 0 unspecified atom stereocenters. The molecular formula is C9H13N3O. The third-order valence-corrected chi connectivity index (χ3v) is 2.52. The summed E-state index contributed by atoms with van der Waals surface area (Å²) in [7, 11) is 0. The van der Waals surface area contributed by atoms with Crippen LogP contribution in [0.1, 0.15) is 29.4 Å². The first kappa shape index (κ1) is 8.44. The number of aromatic nitrogens is 2. The molecule has 1 N–H and O–H groups in total. The zero-order chi connectivity index (χ0) is 9.10. The maximum absolute atomic E-state index is 10.7. The Bertz CT molecular complexity index is 289.